The maximum Gasteiger partial charge on any atom is 0.318 e. The summed E-state index contributed by atoms with van der Waals surface area (Å²) in [7, 11) is -0.851. The minimum absolute atomic E-state index is 0.106. The number of aromatic nitrogens is 2. The van der Waals surface area contributed by atoms with Gasteiger partial charge in [-0.3, -0.25) is 4.21 Å². The molecule has 6 heteroatoms. The van der Waals surface area contributed by atoms with E-state index in [1.54, 1.807) is 6.26 Å². The van der Waals surface area contributed by atoms with Crippen LogP contribution in [0.5, 0.6) is 0 Å². The Hall–Kier alpha value is -1.95. The molecule has 0 fully saturated rings. The third-order valence-corrected chi connectivity index (χ3v) is 3.15. The summed E-state index contributed by atoms with van der Waals surface area (Å²) in [5.74, 6) is 0. The number of anilines is 1. The van der Waals surface area contributed by atoms with E-state index in [2.05, 4.69) is 14.7 Å². The summed E-state index contributed by atoms with van der Waals surface area (Å²) in [6, 6.07) is 10.2. The van der Waals surface area contributed by atoms with Crippen molar-refractivity contribution in [2.75, 3.05) is 12.0 Å². The van der Waals surface area contributed by atoms with Crippen molar-refractivity contribution < 1.29 is 8.73 Å². The van der Waals surface area contributed by atoms with Crippen LogP contribution in [0.25, 0.3) is 10.8 Å². The van der Waals surface area contributed by atoms with Gasteiger partial charge >= 0.3 is 6.01 Å². The molecule has 2 bridgehead atoms. The number of fused-ring (bicyclic) bond motifs is 3. The molecule has 0 aliphatic heterocycles. The monoisotopic (exact) mass is 249 g/mol. The van der Waals surface area contributed by atoms with Gasteiger partial charge in [-0.2, -0.15) is 4.98 Å². The zero-order valence-corrected chi connectivity index (χ0v) is 9.98. The average molecular weight is 249 g/mol. The van der Waals surface area contributed by atoms with E-state index in [1.165, 1.54) is 6.33 Å². The zero-order chi connectivity index (χ0) is 12.3. The summed E-state index contributed by atoms with van der Waals surface area (Å²) in [4.78, 5) is 4.37. The third kappa shape index (κ3) is 2.79. The first-order valence-corrected chi connectivity index (χ1v) is 6.40. The third-order valence-electron chi connectivity index (χ3n) is 2.18. The molecule has 0 aliphatic carbocycles. The van der Waals surface area contributed by atoms with Gasteiger partial charge in [0.15, 0.2) is 6.33 Å². The molecule has 0 amide bonds. The highest BCUT2D eigenvalue weighted by atomic mass is 32.2. The SMILES string of the molecule is CS(=O)c1cc2ccc1cc2.Nc1ncno1. The second-order valence-corrected chi connectivity index (χ2v) is 4.71. The van der Waals surface area contributed by atoms with Gasteiger partial charge < -0.3 is 10.3 Å². The number of nitrogen functional groups attached to an aromatic ring is 1. The molecule has 4 rings (SSSR count). The van der Waals surface area contributed by atoms with E-state index in [9.17, 15) is 4.21 Å². The molecule has 4 aromatic rings. The Morgan fingerprint density at radius 1 is 1.29 bits per heavy atom. The van der Waals surface area contributed by atoms with Gasteiger partial charge in [0.2, 0.25) is 0 Å². The molecule has 0 saturated carbocycles. The van der Waals surface area contributed by atoms with Crippen LogP contribution in [0.15, 0.2) is 46.1 Å². The lowest BCUT2D eigenvalue weighted by atomic mass is 10.1. The maximum absolute atomic E-state index is 11.1. The van der Waals surface area contributed by atoms with E-state index >= 15 is 0 Å². The number of nitrogens with two attached hydrogens (primary N) is 1. The van der Waals surface area contributed by atoms with Crippen molar-refractivity contribution in [3.63, 3.8) is 0 Å². The van der Waals surface area contributed by atoms with Crippen LogP contribution in [-0.4, -0.2) is 20.6 Å². The molecule has 5 nitrogen and oxygen atoms in total. The van der Waals surface area contributed by atoms with Crippen molar-refractivity contribution >= 4 is 27.6 Å². The molecule has 88 valence electrons. The van der Waals surface area contributed by atoms with E-state index in [0.29, 0.717) is 0 Å². The van der Waals surface area contributed by atoms with Gasteiger partial charge in [0, 0.05) is 11.2 Å². The van der Waals surface area contributed by atoms with Gasteiger partial charge in [-0.25, -0.2) is 0 Å². The second kappa shape index (κ2) is 4.92. The Bertz CT molecular complexity index is 589. The van der Waals surface area contributed by atoms with Gasteiger partial charge in [-0.1, -0.05) is 29.4 Å². The summed E-state index contributed by atoms with van der Waals surface area (Å²) in [6.45, 7) is 0. The van der Waals surface area contributed by atoms with Gasteiger partial charge in [0.1, 0.15) is 0 Å². The summed E-state index contributed by atoms with van der Waals surface area (Å²) in [5, 5.41) is 5.44. The smallest absolute Gasteiger partial charge is 0.318 e. The topological polar surface area (TPSA) is 82.0 Å². The van der Waals surface area contributed by atoms with E-state index in [4.69, 9.17) is 5.73 Å². The van der Waals surface area contributed by atoms with Crippen molar-refractivity contribution in [3.05, 3.63) is 36.7 Å². The lowest BCUT2D eigenvalue weighted by Crippen LogP contribution is -1.89. The lowest BCUT2D eigenvalue weighted by molar-refractivity contribution is 0.434. The maximum atomic E-state index is 11.1. The van der Waals surface area contributed by atoms with E-state index in [0.717, 1.165) is 15.7 Å². The summed E-state index contributed by atoms with van der Waals surface area (Å²) in [6.07, 6.45) is 2.96. The first-order valence-electron chi connectivity index (χ1n) is 4.84. The molecule has 0 radical (unpaired) electrons. The minimum atomic E-state index is -0.851. The van der Waals surface area contributed by atoms with Crippen LogP contribution >= 0.6 is 0 Å². The molecule has 0 spiro atoms. The molecule has 1 heterocycles. The fraction of sp³-hybridized carbons (Fsp3) is 0.0909. The first kappa shape index (κ1) is 11.5. The molecule has 1 atom stereocenters. The highest BCUT2D eigenvalue weighted by Gasteiger charge is 2.02. The van der Waals surface area contributed by atoms with Crippen molar-refractivity contribution in [2.24, 2.45) is 0 Å². The Balaban J connectivity index is 0.000000153. The van der Waals surface area contributed by atoms with Crippen molar-refractivity contribution in [3.8, 4) is 0 Å². The molecular weight excluding hydrogens is 238 g/mol. The predicted molar refractivity (Wildman–Crippen MR) is 66.2 cm³/mol. The van der Waals surface area contributed by atoms with Gasteiger partial charge in [0.05, 0.1) is 10.8 Å². The Morgan fingerprint density at radius 3 is 2.24 bits per heavy atom. The average Bonchev–Trinajstić information content (AvgIpc) is 2.82. The number of hydrogen-bond acceptors (Lipinski definition) is 5. The Kier molecular flexibility index (Phi) is 3.34. The lowest BCUT2D eigenvalue weighted by Gasteiger charge is -2.03. The van der Waals surface area contributed by atoms with E-state index in [-0.39, 0.29) is 6.01 Å². The zero-order valence-electron chi connectivity index (χ0n) is 9.16. The van der Waals surface area contributed by atoms with Crippen LogP contribution in [-0.2, 0) is 10.8 Å². The normalized spacial score (nSPS) is 12.1. The molecule has 3 aromatic carbocycles. The Labute approximate surface area is 100 Å². The van der Waals surface area contributed by atoms with Crippen molar-refractivity contribution in [1.29, 1.82) is 0 Å². The van der Waals surface area contributed by atoms with Gasteiger partial charge in [-0.15, -0.1) is 0 Å². The van der Waals surface area contributed by atoms with Crippen LogP contribution in [0, 0.1) is 0 Å². The van der Waals surface area contributed by atoms with Gasteiger partial charge in [-0.05, 0) is 16.8 Å². The van der Waals surface area contributed by atoms with Crippen LogP contribution in [0.4, 0.5) is 6.01 Å². The number of nitrogens with zero attached hydrogens (tertiary/aromatic N) is 2. The molecule has 1 aromatic heterocycles. The fourth-order valence-electron chi connectivity index (χ4n) is 1.41. The molecule has 0 aliphatic rings. The summed E-state index contributed by atoms with van der Waals surface area (Å²) < 4.78 is 15.4. The second-order valence-electron chi connectivity index (χ2n) is 3.36. The number of benzene rings is 3. The van der Waals surface area contributed by atoms with Crippen molar-refractivity contribution in [1.82, 2.24) is 10.1 Å². The number of rotatable bonds is 1. The van der Waals surface area contributed by atoms with Gasteiger partial charge in [0.25, 0.3) is 0 Å². The molecule has 0 saturated heterocycles. The molecule has 2 N–H and O–H groups in total. The summed E-state index contributed by atoms with van der Waals surface area (Å²) >= 11 is 0. The molecule has 1 unspecified atom stereocenters. The van der Waals surface area contributed by atoms with Crippen LogP contribution < -0.4 is 5.73 Å². The van der Waals surface area contributed by atoms with Crippen LogP contribution in [0.1, 0.15) is 0 Å². The largest absolute Gasteiger partial charge is 0.351 e. The highest BCUT2D eigenvalue weighted by Crippen LogP contribution is 2.20. The molecule has 17 heavy (non-hydrogen) atoms. The number of hydrogen-bond donors (Lipinski definition) is 1. The fourth-order valence-corrected chi connectivity index (χ4v) is 2.18. The van der Waals surface area contributed by atoms with E-state index in [1.807, 2.05) is 30.3 Å². The highest BCUT2D eigenvalue weighted by molar-refractivity contribution is 7.84. The molecular formula is C11H11N3O2S. The van der Waals surface area contributed by atoms with Crippen LogP contribution in [0.3, 0.4) is 0 Å². The van der Waals surface area contributed by atoms with Crippen LogP contribution in [0.2, 0.25) is 0 Å². The quantitative estimate of drug-likeness (QED) is 0.709. The minimum Gasteiger partial charge on any atom is -0.351 e. The Morgan fingerprint density at radius 2 is 2.00 bits per heavy atom. The predicted octanol–water partition coefficient (Wildman–Crippen LogP) is 1.67. The summed E-state index contributed by atoms with van der Waals surface area (Å²) in [5.41, 5.74) is 4.94. The standard InChI is InChI=1S/C9H8OS.C2H3N3O/c1-11(10)9-6-7-2-4-8(9)5-3-7;3-2-4-1-5-6-2/h2-6H,1H3;1H,(H2,3,4,5). The van der Waals surface area contributed by atoms with Crippen molar-refractivity contribution in [2.45, 2.75) is 4.90 Å². The first-order chi connectivity index (χ1) is 8.16. The van der Waals surface area contributed by atoms with E-state index < -0.39 is 10.8 Å².